The van der Waals surface area contributed by atoms with Crippen molar-refractivity contribution in [2.45, 2.75) is 25.6 Å². The third kappa shape index (κ3) is 2.99. The van der Waals surface area contributed by atoms with Crippen LogP contribution >= 0.6 is 11.6 Å². The number of hydrogen-bond donors (Lipinski definition) is 2. The van der Waals surface area contributed by atoms with Gasteiger partial charge in [0.05, 0.1) is 5.56 Å². The summed E-state index contributed by atoms with van der Waals surface area (Å²) in [6.07, 6.45) is -4.53. The summed E-state index contributed by atoms with van der Waals surface area (Å²) in [6, 6.07) is 8.72. The molecule has 1 atom stereocenters. The van der Waals surface area contributed by atoms with Crippen LogP contribution in [0.25, 0.3) is 0 Å². The molecule has 3 rings (SSSR count). The molecule has 2 aromatic carbocycles. The van der Waals surface area contributed by atoms with Gasteiger partial charge in [0.15, 0.2) is 5.60 Å². The number of halogens is 4. The van der Waals surface area contributed by atoms with Gasteiger partial charge in [-0.3, -0.25) is 4.79 Å². The van der Waals surface area contributed by atoms with E-state index in [1.54, 1.807) is 12.1 Å². The monoisotopic (exact) mass is 357 g/mol. The van der Waals surface area contributed by atoms with Gasteiger partial charge >= 0.3 is 6.18 Å². The Hall–Kier alpha value is -2.05. The van der Waals surface area contributed by atoms with E-state index in [4.69, 9.17) is 11.6 Å². The molecular weight excluding hydrogens is 343 g/mol. The lowest BCUT2D eigenvalue weighted by Crippen LogP contribution is -2.35. The second kappa shape index (κ2) is 6.45. The van der Waals surface area contributed by atoms with E-state index in [1.807, 2.05) is 13.8 Å². The highest BCUT2D eigenvalue weighted by Gasteiger charge is 2.47. The van der Waals surface area contributed by atoms with E-state index in [0.29, 0.717) is 5.02 Å². The average Bonchev–Trinajstić information content (AvgIpc) is 2.80. The van der Waals surface area contributed by atoms with Crippen molar-refractivity contribution in [3.8, 4) is 0 Å². The van der Waals surface area contributed by atoms with Crippen LogP contribution in [0, 0.1) is 0 Å². The molecule has 0 radical (unpaired) electrons. The molecule has 3 nitrogen and oxygen atoms in total. The van der Waals surface area contributed by atoms with E-state index >= 15 is 0 Å². The molecule has 0 saturated carbocycles. The first-order valence-electron chi connectivity index (χ1n) is 7.24. The summed E-state index contributed by atoms with van der Waals surface area (Å²) in [6.45, 7) is 4.00. The van der Waals surface area contributed by atoms with Gasteiger partial charge in [0.1, 0.15) is 0 Å². The molecule has 0 aromatic heterocycles. The third-order valence-electron chi connectivity index (χ3n) is 3.56. The number of alkyl halides is 3. The summed E-state index contributed by atoms with van der Waals surface area (Å²) in [5.41, 5.74) is -2.78. The van der Waals surface area contributed by atoms with Crippen molar-refractivity contribution in [2.75, 3.05) is 5.32 Å². The summed E-state index contributed by atoms with van der Waals surface area (Å²) >= 11 is 5.85. The van der Waals surface area contributed by atoms with Crippen LogP contribution in [0.4, 0.5) is 18.9 Å². The predicted octanol–water partition coefficient (Wildman–Crippen LogP) is 4.57. The first-order valence-corrected chi connectivity index (χ1v) is 7.62. The molecule has 128 valence electrons. The van der Waals surface area contributed by atoms with E-state index in [1.165, 1.54) is 12.1 Å². The van der Waals surface area contributed by atoms with Crippen LogP contribution in [0.5, 0.6) is 0 Å². The Balaban J connectivity index is 0.00000100. The van der Waals surface area contributed by atoms with Crippen molar-refractivity contribution < 1.29 is 23.1 Å². The molecule has 0 saturated heterocycles. The molecule has 1 aliphatic heterocycles. The Kier molecular flexibility index (Phi) is 4.92. The number of fused-ring (bicyclic) bond motifs is 1. The number of benzene rings is 2. The largest absolute Gasteiger partial charge is 0.416 e. The Bertz CT molecular complexity index is 777. The molecule has 7 heteroatoms. The van der Waals surface area contributed by atoms with Crippen LogP contribution in [0.1, 0.15) is 30.5 Å². The number of nitrogens with one attached hydrogen (secondary N) is 1. The number of aliphatic hydroxyl groups is 1. The summed E-state index contributed by atoms with van der Waals surface area (Å²) in [4.78, 5) is 12.1. The van der Waals surface area contributed by atoms with Gasteiger partial charge in [-0.05, 0) is 29.8 Å². The minimum atomic E-state index is -4.53. The molecule has 24 heavy (non-hydrogen) atoms. The normalized spacial score (nSPS) is 19.2. The van der Waals surface area contributed by atoms with Crippen molar-refractivity contribution in [3.63, 3.8) is 0 Å². The molecular formula is C17H15ClF3NO2. The average molecular weight is 358 g/mol. The molecule has 0 spiro atoms. The van der Waals surface area contributed by atoms with E-state index in [0.717, 1.165) is 18.2 Å². The number of carbonyl (C=O) groups excluding carboxylic acids is 1. The fourth-order valence-corrected chi connectivity index (χ4v) is 2.66. The lowest BCUT2D eigenvalue weighted by Gasteiger charge is -2.21. The number of carbonyl (C=O) groups is 1. The maximum atomic E-state index is 12.7. The van der Waals surface area contributed by atoms with Crippen LogP contribution in [0.2, 0.25) is 5.02 Å². The molecule has 1 aliphatic rings. The quantitative estimate of drug-likeness (QED) is 0.785. The highest BCUT2D eigenvalue weighted by Crippen LogP contribution is 2.43. The van der Waals surface area contributed by atoms with E-state index in [-0.39, 0.29) is 16.8 Å². The van der Waals surface area contributed by atoms with Gasteiger partial charge in [-0.25, -0.2) is 0 Å². The topological polar surface area (TPSA) is 49.3 Å². The minimum absolute atomic E-state index is 0.0627. The van der Waals surface area contributed by atoms with Gasteiger partial charge in [-0.2, -0.15) is 13.2 Å². The zero-order chi connectivity index (χ0) is 18.1. The second-order valence-electron chi connectivity index (χ2n) is 4.93. The Labute approximate surface area is 142 Å². The highest BCUT2D eigenvalue weighted by molar-refractivity contribution is 6.30. The highest BCUT2D eigenvalue weighted by atomic mass is 35.5. The van der Waals surface area contributed by atoms with Crippen LogP contribution in [-0.2, 0) is 16.6 Å². The molecule has 2 N–H and O–H groups in total. The van der Waals surface area contributed by atoms with Gasteiger partial charge in [-0.1, -0.05) is 43.6 Å². The van der Waals surface area contributed by atoms with Gasteiger partial charge in [0.2, 0.25) is 0 Å². The fraction of sp³-hybridized carbons (Fsp3) is 0.235. The van der Waals surface area contributed by atoms with Crippen LogP contribution < -0.4 is 5.32 Å². The molecule has 1 amide bonds. The summed E-state index contributed by atoms with van der Waals surface area (Å²) in [5, 5.41) is 13.3. The Morgan fingerprint density at radius 1 is 1.12 bits per heavy atom. The maximum absolute atomic E-state index is 12.7. The first kappa shape index (κ1) is 18.3. The van der Waals surface area contributed by atoms with Crippen molar-refractivity contribution >= 4 is 23.2 Å². The van der Waals surface area contributed by atoms with E-state index < -0.39 is 23.2 Å². The smallest absolute Gasteiger partial charge is 0.372 e. The van der Waals surface area contributed by atoms with Crippen LogP contribution in [0.3, 0.4) is 0 Å². The van der Waals surface area contributed by atoms with Gasteiger partial charge < -0.3 is 10.4 Å². The fourth-order valence-electron chi connectivity index (χ4n) is 2.47. The van der Waals surface area contributed by atoms with Crippen molar-refractivity contribution in [1.82, 2.24) is 0 Å². The van der Waals surface area contributed by atoms with Crippen LogP contribution in [0.15, 0.2) is 42.5 Å². The van der Waals surface area contributed by atoms with Crippen molar-refractivity contribution in [3.05, 3.63) is 64.2 Å². The third-order valence-corrected chi connectivity index (χ3v) is 3.79. The lowest BCUT2D eigenvalue weighted by molar-refractivity contribution is -0.137. The summed E-state index contributed by atoms with van der Waals surface area (Å²) < 4.78 is 38.2. The standard InChI is InChI=1S/C15H9ClF3NO2.C2H6/c16-10-3-1-2-8(6-10)14(22)11-5-4-9(15(17,18)19)7-12(11)20-13(14)21;1-2/h1-7,22H,(H,20,21);1-2H3. The van der Waals surface area contributed by atoms with Crippen molar-refractivity contribution in [1.29, 1.82) is 0 Å². The molecule has 1 heterocycles. The van der Waals surface area contributed by atoms with Crippen LogP contribution in [-0.4, -0.2) is 11.0 Å². The lowest BCUT2D eigenvalue weighted by atomic mass is 9.87. The summed E-state index contributed by atoms with van der Waals surface area (Å²) in [7, 11) is 0. The van der Waals surface area contributed by atoms with Crippen molar-refractivity contribution in [2.24, 2.45) is 0 Å². The predicted molar refractivity (Wildman–Crippen MR) is 85.9 cm³/mol. The number of rotatable bonds is 1. The number of amides is 1. The molecule has 1 unspecified atom stereocenters. The van der Waals surface area contributed by atoms with Gasteiger partial charge in [0, 0.05) is 16.3 Å². The first-order chi connectivity index (χ1) is 11.2. The minimum Gasteiger partial charge on any atom is -0.372 e. The zero-order valence-corrected chi connectivity index (χ0v) is 13.7. The maximum Gasteiger partial charge on any atom is 0.416 e. The van der Waals surface area contributed by atoms with Gasteiger partial charge in [-0.15, -0.1) is 0 Å². The van der Waals surface area contributed by atoms with Gasteiger partial charge in [0.25, 0.3) is 5.91 Å². The Morgan fingerprint density at radius 3 is 2.38 bits per heavy atom. The second-order valence-corrected chi connectivity index (χ2v) is 5.37. The number of hydrogen-bond acceptors (Lipinski definition) is 2. The molecule has 0 aliphatic carbocycles. The number of anilines is 1. The zero-order valence-electron chi connectivity index (χ0n) is 12.9. The Morgan fingerprint density at radius 2 is 1.79 bits per heavy atom. The van der Waals surface area contributed by atoms with E-state index in [2.05, 4.69) is 5.32 Å². The summed E-state index contributed by atoms with van der Waals surface area (Å²) in [5.74, 6) is -0.816. The molecule has 2 aromatic rings. The molecule has 0 fully saturated rings. The molecule has 0 bridgehead atoms. The van der Waals surface area contributed by atoms with E-state index in [9.17, 15) is 23.1 Å². The SMILES string of the molecule is CC.O=C1Nc2cc(C(F)(F)F)ccc2C1(O)c1cccc(Cl)c1.